The van der Waals surface area contributed by atoms with Crippen LogP contribution in [0.3, 0.4) is 0 Å². The van der Waals surface area contributed by atoms with E-state index in [0.717, 1.165) is 17.5 Å². The maximum absolute atomic E-state index is 6.12. The summed E-state index contributed by atoms with van der Waals surface area (Å²) in [4.78, 5) is 13.1. The Hall–Kier alpha value is -2.78. The van der Waals surface area contributed by atoms with Crippen LogP contribution in [0.2, 0.25) is 5.28 Å². The first-order valence-corrected chi connectivity index (χ1v) is 8.58. The summed E-state index contributed by atoms with van der Waals surface area (Å²) < 4.78 is 0. The molecule has 1 atom stereocenters. The van der Waals surface area contributed by atoms with Gasteiger partial charge in [0.15, 0.2) is 11.6 Å². The molecule has 1 heterocycles. The summed E-state index contributed by atoms with van der Waals surface area (Å²) in [5.74, 6) is 1.60. The van der Waals surface area contributed by atoms with E-state index < -0.39 is 0 Å². The Morgan fingerprint density at radius 3 is 2.08 bits per heavy atom. The van der Waals surface area contributed by atoms with Gasteiger partial charge in [0.2, 0.25) is 5.28 Å². The van der Waals surface area contributed by atoms with Crippen LogP contribution in [0.1, 0.15) is 17.9 Å². The summed E-state index contributed by atoms with van der Waals surface area (Å²) in [5.41, 5.74) is 3.14. The van der Waals surface area contributed by atoms with Gasteiger partial charge in [-0.05, 0) is 23.6 Å². The van der Waals surface area contributed by atoms with Crippen LogP contribution in [-0.4, -0.2) is 15.0 Å². The first-order chi connectivity index (χ1) is 12.3. The second-order valence-corrected chi connectivity index (χ2v) is 6.23. The molecule has 1 aliphatic rings. The predicted octanol–water partition coefficient (Wildman–Crippen LogP) is 5.46. The Morgan fingerprint density at radius 2 is 1.44 bits per heavy atom. The van der Waals surface area contributed by atoms with Crippen LogP contribution in [0.25, 0.3) is 22.8 Å². The smallest absolute Gasteiger partial charge is 0.208 e. The van der Waals surface area contributed by atoms with Gasteiger partial charge in [-0.3, -0.25) is 0 Å². The van der Waals surface area contributed by atoms with E-state index >= 15 is 0 Å². The fraction of sp³-hybridized carbons (Fsp3) is 0.0952. The maximum Gasteiger partial charge on any atom is 0.226 e. The van der Waals surface area contributed by atoms with E-state index in [2.05, 4.69) is 51.4 Å². The molecule has 122 valence electrons. The molecule has 0 N–H and O–H groups in total. The van der Waals surface area contributed by atoms with Crippen LogP contribution >= 0.6 is 11.6 Å². The molecule has 1 aromatic heterocycles. The Labute approximate surface area is 151 Å². The fourth-order valence-corrected chi connectivity index (χ4v) is 3.06. The number of nitrogens with zero attached hydrogens (tertiary/aromatic N) is 3. The summed E-state index contributed by atoms with van der Waals surface area (Å²) in [5, 5.41) is 0.202. The summed E-state index contributed by atoms with van der Waals surface area (Å²) in [6, 6.07) is 18.1. The highest BCUT2D eigenvalue weighted by Gasteiger charge is 2.11. The van der Waals surface area contributed by atoms with Crippen molar-refractivity contribution >= 4 is 11.6 Å². The molecule has 0 fully saturated rings. The number of allylic oxidation sites excluding steroid dienone is 4. The molecule has 1 unspecified atom stereocenters. The van der Waals surface area contributed by atoms with Crippen LogP contribution in [0, 0.1) is 0 Å². The van der Waals surface area contributed by atoms with Crippen LogP contribution in [0.5, 0.6) is 0 Å². The third kappa shape index (κ3) is 3.52. The quantitative estimate of drug-likeness (QED) is 0.632. The zero-order valence-electron chi connectivity index (χ0n) is 13.5. The largest absolute Gasteiger partial charge is 0.226 e. The van der Waals surface area contributed by atoms with Gasteiger partial charge in [0, 0.05) is 17.0 Å². The first kappa shape index (κ1) is 15.7. The molecule has 1 aliphatic carbocycles. The van der Waals surface area contributed by atoms with Crippen molar-refractivity contribution in [3.63, 3.8) is 0 Å². The van der Waals surface area contributed by atoms with E-state index in [1.165, 1.54) is 5.56 Å². The molecule has 0 aliphatic heterocycles. The fourth-order valence-electron chi connectivity index (χ4n) is 2.90. The zero-order chi connectivity index (χ0) is 17.1. The molecule has 0 saturated carbocycles. The molecule has 4 heteroatoms. The minimum absolute atomic E-state index is 0.202. The van der Waals surface area contributed by atoms with Gasteiger partial charge in [0.25, 0.3) is 0 Å². The molecule has 2 aromatic carbocycles. The van der Waals surface area contributed by atoms with Gasteiger partial charge in [0.05, 0.1) is 0 Å². The lowest BCUT2D eigenvalue weighted by atomic mass is 9.92. The number of rotatable bonds is 3. The third-order valence-electron chi connectivity index (χ3n) is 4.22. The topological polar surface area (TPSA) is 38.7 Å². The standard InChI is InChI=1S/C21H16ClN3/c22-21-24-19(17-9-5-2-6-10-17)23-20(25-21)18-13-11-16(12-14-18)15-7-3-1-4-8-15/h1-7,9-15H,8H2. The normalized spacial score (nSPS) is 16.1. The SMILES string of the molecule is Clc1nc(-c2ccccc2)nc(-c2ccc(C3C=CC=CC3)cc2)n1. The van der Waals surface area contributed by atoms with Gasteiger partial charge in [0.1, 0.15) is 0 Å². The maximum atomic E-state index is 6.12. The van der Waals surface area contributed by atoms with E-state index in [-0.39, 0.29) is 5.28 Å². The molecule has 4 rings (SSSR count). The summed E-state index contributed by atoms with van der Waals surface area (Å²) in [6.45, 7) is 0. The van der Waals surface area contributed by atoms with E-state index in [9.17, 15) is 0 Å². The van der Waals surface area contributed by atoms with E-state index in [1.807, 2.05) is 42.5 Å². The number of hydrogen-bond acceptors (Lipinski definition) is 3. The van der Waals surface area contributed by atoms with E-state index in [1.54, 1.807) is 0 Å². The van der Waals surface area contributed by atoms with Crippen molar-refractivity contribution in [1.82, 2.24) is 15.0 Å². The van der Waals surface area contributed by atoms with Crippen molar-refractivity contribution in [2.75, 3.05) is 0 Å². The van der Waals surface area contributed by atoms with E-state index in [0.29, 0.717) is 17.6 Å². The Kier molecular flexibility index (Phi) is 4.40. The number of benzene rings is 2. The average Bonchev–Trinajstić information content (AvgIpc) is 2.69. The molecule has 0 amide bonds. The van der Waals surface area contributed by atoms with Gasteiger partial charge in [-0.15, -0.1) is 0 Å². The highest BCUT2D eigenvalue weighted by atomic mass is 35.5. The molecule has 25 heavy (non-hydrogen) atoms. The Balaban J connectivity index is 1.66. The molecular weight excluding hydrogens is 330 g/mol. The van der Waals surface area contributed by atoms with Crippen molar-refractivity contribution in [3.05, 3.63) is 89.7 Å². The predicted molar refractivity (Wildman–Crippen MR) is 101 cm³/mol. The Morgan fingerprint density at radius 1 is 0.760 bits per heavy atom. The van der Waals surface area contributed by atoms with Gasteiger partial charge < -0.3 is 0 Å². The Bertz CT molecular complexity index is 931. The zero-order valence-corrected chi connectivity index (χ0v) is 14.3. The number of aromatic nitrogens is 3. The monoisotopic (exact) mass is 345 g/mol. The number of halogens is 1. The molecule has 0 bridgehead atoms. The van der Waals surface area contributed by atoms with Gasteiger partial charge >= 0.3 is 0 Å². The van der Waals surface area contributed by atoms with Crippen molar-refractivity contribution in [2.45, 2.75) is 12.3 Å². The van der Waals surface area contributed by atoms with Crippen molar-refractivity contribution in [2.24, 2.45) is 0 Å². The molecule has 3 aromatic rings. The molecule has 0 spiro atoms. The van der Waals surface area contributed by atoms with Crippen LogP contribution in [0.4, 0.5) is 0 Å². The molecule has 3 nitrogen and oxygen atoms in total. The van der Waals surface area contributed by atoms with Gasteiger partial charge in [-0.1, -0.05) is 78.9 Å². The summed E-state index contributed by atoms with van der Waals surface area (Å²) in [7, 11) is 0. The van der Waals surface area contributed by atoms with E-state index in [4.69, 9.17) is 11.6 Å². The lowest BCUT2D eigenvalue weighted by molar-refractivity contribution is 0.854. The molecule has 0 radical (unpaired) electrons. The third-order valence-corrected chi connectivity index (χ3v) is 4.39. The van der Waals surface area contributed by atoms with Crippen molar-refractivity contribution in [1.29, 1.82) is 0 Å². The minimum Gasteiger partial charge on any atom is -0.208 e. The second kappa shape index (κ2) is 6.99. The highest BCUT2D eigenvalue weighted by molar-refractivity contribution is 6.28. The van der Waals surface area contributed by atoms with Crippen molar-refractivity contribution in [3.8, 4) is 22.8 Å². The second-order valence-electron chi connectivity index (χ2n) is 5.89. The highest BCUT2D eigenvalue weighted by Crippen LogP contribution is 2.27. The summed E-state index contributed by atoms with van der Waals surface area (Å²) in [6.07, 6.45) is 9.63. The van der Waals surface area contributed by atoms with Gasteiger partial charge in [-0.2, -0.15) is 9.97 Å². The van der Waals surface area contributed by atoms with Crippen LogP contribution < -0.4 is 0 Å². The lowest BCUT2D eigenvalue weighted by Crippen LogP contribution is -1.98. The average molecular weight is 346 g/mol. The van der Waals surface area contributed by atoms with Crippen LogP contribution in [0.15, 0.2) is 78.9 Å². The molecule has 0 saturated heterocycles. The summed E-state index contributed by atoms with van der Waals surface area (Å²) >= 11 is 6.12. The van der Waals surface area contributed by atoms with Gasteiger partial charge in [-0.25, -0.2) is 4.98 Å². The number of hydrogen-bond donors (Lipinski definition) is 0. The minimum atomic E-state index is 0.202. The van der Waals surface area contributed by atoms with Crippen LogP contribution in [-0.2, 0) is 0 Å². The van der Waals surface area contributed by atoms with Crippen molar-refractivity contribution < 1.29 is 0 Å². The first-order valence-electron chi connectivity index (χ1n) is 8.20. The lowest BCUT2D eigenvalue weighted by Gasteiger charge is -2.13. The molecular formula is C21H16ClN3.